The van der Waals surface area contributed by atoms with E-state index in [1.165, 1.54) is 0 Å². The zero-order valence-electron chi connectivity index (χ0n) is 10.0. The van der Waals surface area contributed by atoms with Crippen molar-refractivity contribution in [1.82, 2.24) is 0 Å². The van der Waals surface area contributed by atoms with Crippen LogP contribution in [0.1, 0.15) is 30.6 Å². The van der Waals surface area contributed by atoms with Crippen molar-refractivity contribution in [3.63, 3.8) is 0 Å². The number of ether oxygens (including phenoxy) is 2. The van der Waals surface area contributed by atoms with Crippen molar-refractivity contribution < 1.29 is 14.3 Å². The van der Waals surface area contributed by atoms with E-state index in [1.54, 1.807) is 31.4 Å². The third kappa shape index (κ3) is 4.03. The molecule has 16 heavy (non-hydrogen) atoms. The first-order chi connectivity index (χ1) is 7.63. The predicted molar refractivity (Wildman–Crippen MR) is 63.0 cm³/mol. The molecule has 0 fully saturated rings. The molecule has 0 saturated heterocycles. The van der Waals surface area contributed by atoms with Gasteiger partial charge in [0.05, 0.1) is 19.8 Å². The Morgan fingerprint density at radius 3 is 2.38 bits per heavy atom. The molecular formula is C13H18O3. The summed E-state index contributed by atoms with van der Waals surface area (Å²) < 4.78 is 10.4. The second kappa shape index (κ2) is 6.28. The van der Waals surface area contributed by atoms with Gasteiger partial charge in [-0.15, -0.1) is 0 Å². The summed E-state index contributed by atoms with van der Waals surface area (Å²) in [5.41, 5.74) is 0.702. The molecule has 0 unspecified atom stereocenters. The van der Waals surface area contributed by atoms with E-state index in [2.05, 4.69) is 0 Å². The van der Waals surface area contributed by atoms with E-state index in [-0.39, 0.29) is 11.9 Å². The quantitative estimate of drug-likeness (QED) is 0.694. The maximum atomic E-state index is 11.7. The normalized spacial score (nSPS) is 10.5. The van der Waals surface area contributed by atoms with Crippen molar-refractivity contribution in [3.8, 4) is 5.75 Å². The van der Waals surface area contributed by atoms with Crippen LogP contribution in [0.5, 0.6) is 5.75 Å². The average molecular weight is 222 g/mol. The highest BCUT2D eigenvalue weighted by Gasteiger charge is 2.06. The molecular weight excluding hydrogens is 204 g/mol. The molecule has 3 heteroatoms. The van der Waals surface area contributed by atoms with Crippen molar-refractivity contribution in [2.24, 2.45) is 0 Å². The number of Topliss-reactive ketones (excluding diaryl/α,β-unsaturated/α-hetero) is 1. The minimum atomic E-state index is 0.100. The Hall–Kier alpha value is -1.35. The molecule has 0 aromatic heterocycles. The molecule has 0 radical (unpaired) electrons. The van der Waals surface area contributed by atoms with Crippen molar-refractivity contribution >= 4 is 5.78 Å². The van der Waals surface area contributed by atoms with Crippen LogP contribution in [-0.4, -0.2) is 25.6 Å². The lowest BCUT2D eigenvalue weighted by atomic mass is 10.1. The number of carbonyl (C=O) groups is 1. The van der Waals surface area contributed by atoms with E-state index in [9.17, 15) is 4.79 Å². The predicted octanol–water partition coefficient (Wildman–Crippen LogP) is 2.69. The van der Waals surface area contributed by atoms with Crippen molar-refractivity contribution in [2.75, 3.05) is 13.7 Å². The molecule has 3 nitrogen and oxygen atoms in total. The maximum absolute atomic E-state index is 11.7. The lowest BCUT2D eigenvalue weighted by Gasteiger charge is -2.07. The fourth-order valence-corrected chi connectivity index (χ4v) is 1.31. The number of ketones is 1. The van der Waals surface area contributed by atoms with Gasteiger partial charge < -0.3 is 9.47 Å². The van der Waals surface area contributed by atoms with Gasteiger partial charge >= 0.3 is 0 Å². The molecule has 0 aliphatic carbocycles. The summed E-state index contributed by atoms with van der Waals surface area (Å²) in [6, 6.07) is 7.13. The number of hydrogen-bond acceptors (Lipinski definition) is 3. The second-order valence-electron chi connectivity index (χ2n) is 3.82. The van der Waals surface area contributed by atoms with Crippen LogP contribution in [0, 0.1) is 0 Å². The Labute approximate surface area is 96.4 Å². The van der Waals surface area contributed by atoms with E-state index in [0.29, 0.717) is 18.6 Å². The average Bonchev–Trinajstić information content (AvgIpc) is 2.28. The zero-order chi connectivity index (χ0) is 12.0. The van der Waals surface area contributed by atoms with E-state index >= 15 is 0 Å². The monoisotopic (exact) mass is 222 g/mol. The van der Waals surface area contributed by atoms with E-state index in [1.807, 2.05) is 13.8 Å². The zero-order valence-corrected chi connectivity index (χ0v) is 10.0. The van der Waals surface area contributed by atoms with Gasteiger partial charge in [-0.05, 0) is 38.1 Å². The SMILES string of the molecule is COc1ccc(C(=O)CCOC(C)C)cc1. The van der Waals surface area contributed by atoms with Crippen LogP contribution >= 0.6 is 0 Å². The van der Waals surface area contributed by atoms with Crippen LogP contribution in [0.3, 0.4) is 0 Å². The summed E-state index contributed by atoms with van der Waals surface area (Å²) in [4.78, 5) is 11.7. The van der Waals surface area contributed by atoms with Crippen LogP contribution in [0.15, 0.2) is 24.3 Å². The number of methoxy groups -OCH3 is 1. The van der Waals surface area contributed by atoms with E-state index in [0.717, 1.165) is 5.75 Å². The van der Waals surface area contributed by atoms with E-state index < -0.39 is 0 Å². The third-order valence-corrected chi connectivity index (χ3v) is 2.19. The molecule has 0 saturated carbocycles. The summed E-state index contributed by atoms with van der Waals surface area (Å²) in [6.07, 6.45) is 0.591. The van der Waals surface area contributed by atoms with Gasteiger partial charge in [0.2, 0.25) is 0 Å². The first-order valence-corrected chi connectivity index (χ1v) is 5.42. The standard InChI is InChI=1S/C13H18O3/c1-10(2)16-9-8-13(14)11-4-6-12(15-3)7-5-11/h4-7,10H,8-9H2,1-3H3. The van der Waals surface area contributed by atoms with Gasteiger partial charge in [-0.2, -0.15) is 0 Å². The van der Waals surface area contributed by atoms with Crippen LogP contribution in [0.25, 0.3) is 0 Å². The molecule has 1 aromatic rings. The fourth-order valence-electron chi connectivity index (χ4n) is 1.31. The van der Waals surface area contributed by atoms with Crippen LogP contribution < -0.4 is 4.74 Å². The molecule has 1 rings (SSSR count). The highest BCUT2D eigenvalue weighted by atomic mass is 16.5. The van der Waals surface area contributed by atoms with Crippen LogP contribution in [0.2, 0.25) is 0 Å². The van der Waals surface area contributed by atoms with Gasteiger partial charge in [0.1, 0.15) is 5.75 Å². The molecule has 0 bridgehead atoms. The van der Waals surface area contributed by atoms with Crippen molar-refractivity contribution in [1.29, 1.82) is 0 Å². The molecule has 0 N–H and O–H groups in total. The van der Waals surface area contributed by atoms with Crippen LogP contribution in [-0.2, 0) is 4.74 Å². The highest BCUT2D eigenvalue weighted by molar-refractivity contribution is 5.96. The topological polar surface area (TPSA) is 35.5 Å². The van der Waals surface area contributed by atoms with Gasteiger partial charge in [-0.3, -0.25) is 4.79 Å². The van der Waals surface area contributed by atoms with Gasteiger partial charge in [0.25, 0.3) is 0 Å². The minimum absolute atomic E-state index is 0.100. The fraction of sp³-hybridized carbons (Fsp3) is 0.462. The highest BCUT2D eigenvalue weighted by Crippen LogP contribution is 2.12. The first kappa shape index (κ1) is 12.7. The summed E-state index contributed by atoms with van der Waals surface area (Å²) in [5.74, 6) is 0.860. The molecule has 0 heterocycles. The molecule has 0 atom stereocenters. The largest absolute Gasteiger partial charge is 0.497 e. The van der Waals surface area contributed by atoms with Gasteiger partial charge in [-0.1, -0.05) is 0 Å². The smallest absolute Gasteiger partial charge is 0.165 e. The van der Waals surface area contributed by atoms with Gasteiger partial charge in [-0.25, -0.2) is 0 Å². The summed E-state index contributed by atoms with van der Waals surface area (Å²) >= 11 is 0. The first-order valence-electron chi connectivity index (χ1n) is 5.42. The van der Waals surface area contributed by atoms with E-state index in [4.69, 9.17) is 9.47 Å². The van der Waals surface area contributed by atoms with Gasteiger partial charge in [0, 0.05) is 12.0 Å². The summed E-state index contributed by atoms with van der Waals surface area (Å²) in [5, 5.41) is 0. The number of rotatable bonds is 6. The minimum Gasteiger partial charge on any atom is -0.497 e. The molecule has 0 aliphatic heterocycles. The van der Waals surface area contributed by atoms with Crippen molar-refractivity contribution in [3.05, 3.63) is 29.8 Å². The van der Waals surface area contributed by atoms with Crippen molar-refractivity contribution in [2.45, 2.75) is 26.4 Å². The second-order valence-corrected chi connectivity index (χ2v) is 3.82. The molecule has 0 spiro atoms. The Balaban J connectivity index is 2.46. The Bertz CT molecular complexity index is 328. The Morgan fingerprint density at radius 1 is 1.25 bits per heavy atom. The Kier molecular flexibility index (Phi) is 4.99. The molecule has 0 aliphatic rings. The number of hydrogen-bond donors (Lipinski definition) is 0. The Morgan fingerprint density at radius 2 is 1.88 bits per heavy atom. The lowest BCUT2D eigenvalue weighted by molar-refractivity contribution is 0.0678. The number of benzene rings is 1. The molecule has 88 valence electrons. The number of carbonyl (C=O) groups excluding carboxylic acids is 1. The maximum Gasteiger partial charge on any atom is 0.165 e. The van der Waals surface area contributed by atoms with Gasteiger partial charge in [0.15, 0.2) is 5.78 Å². The molecule has 1 aromatic carbocycles. The molecule has 0 amide bonds. The third-order valence-electron chi connectivity index (χ3n) is 2.19. The van der Waals surface area contributed by atoms with Crippen LogP contribution in [0.4, 0.5) is 0 Å². The summed E-state index contributed by atoms with van der Waals surface area (Å²) in [7, 11) is 1.60. The lowest BCUT2D eigenvalue weighted by Crippen LogP contribution is -2.09. The summed E-state index contributed by atoms with van der Waals surface area (Å²) in [6.45, 7) is 4.39.